The van der Waals surface area contributed by atoms with E-state index >= 15 is 0 Å². The molecule has 10 heteroatoms. The van der Waals surface area contributed by atoms with E-state index in [9.17, 15) is 9.59 Å². The van der Waals surface area contributed by atoms with E-state index in [1.807, 2.05) is 39.0 Å². The zero-order valence-electron chi connectivity index (χ0n) is 24.4. The van der Waals surface area contributed by atoms with E-state index in [0.29, 0.717) is 37.3 Å². The van der Waals surface area contributed by atoms with E-state index in [-0.39, 0.29) is 39.6 Å². The third-order valence-electron chi connectivity index (χ3n) is 7.09. The highest BCUT2D eigenvalue weighted by Gasteiger charge is 2.53. The third-order valence-corrected chi connectivity index (χ3v) is 7.40. The molecule has 2 N–H and O–H groups in total. The molecule has 9 nitrogen and oxygen atoms in total. The first-order valence-corrected chi connectivity index (χ1v) is 13.8. The lowest BCUT2D eigenvalue weighted by atomic mass is 9.52. The Kier molecular flexibility index (Phi) is 9.25. The number of nitriles is 1. The Morgan fingerprint density at radius 2 is 1.73 bits per heavy atom. The van der Waals surface area contributed by atoms with Crippen molar-refractivity contribution in [2.75, 3.05) is 31.1 Å². The number of ether oxygens (including phenoxy) is 1. The van der Waals surface area contributed by atoms with Gasteiger partial charge in [-0.15, -0.1) is 0 Å². The highest BCUT2D eigenvalue weighted by atomic mass is 35.5. The van der Waals surface area contributed by atoms with Crippen LogP contribution in [0.2, 0.25) is 5.02 Å². The number of halogens is 1. The second kappa shape index (κ2) is 11.9. The Bertz CT molecular complexity index is 1240. The molecule has 1 aliphatic heterocycles. The fourth-order valence-electron chi connectivity index (χ4n) is 5.66. The minimum absolute atomic E-state index is 0.0731. The molecule has 2 amide bonds. The molecule has 2 aromatic rings. The van der Waals surface area contributed by atoms with Gasteiger partial charge in [-0.2, -0.15) is 5.26 Å². The van der Waals surface area contributed by atoms with Gasteiger partial charge in [0.1, 0.15) is 23.2 Å². The van der Waals surface area contributed by atoms with Crippen molar-refractivity contribution in [1.29, 1.82) is 5.26 Å². The van der Waals surface area contributed by atoms with Crippen LogP contribution in [0.15, 0.2) is 36.5 Å². The van der Waals surface area contributed by atoms with Crippen LogP contribution in [-0.4, -0.2) is 64.8 Å². The fourth-order valence-corrected chi connectivity index (χ4v) is 5.87. The number of nitrogens with zero attached hydrogens (tertiary/aromatic N) is 4. The highest BCUT2D eigenvalue weighted by molar-refractivity contribution is 6.31. The summed E-state index contributed by atoms with van der Waals surface area (Å²) < 4.78 is 5.44. The molecule has 0 unspecified atom stereocenters. The number of benzene rings is 1. The van der Waals surface area contributed by atoms with E-state index in [0.717, 1.165) is 12.2 Å². The first-order chi connectivity index (χ1) is 18.5. The molecule has 1 aromatic carbocycles. The number of hydrogen-bond donors (Lipinski definition) is 2. The van der Waals surface area contributed by atoms with Crippen LogP contribution in [0.1, 0.15) is 70.8 Å². The molecule has 0 spiro atoms. The Labute approximate surface area is 242 Å². The normalized spacial score (nSPS) is 18.0. The Morgan fingerprint density at radius 3 is 2.20 bits per heavy atom. The number of nitrogens with one attached hydrogen (secondary N) is 1. The standard InChI is InChI=1S/C23H36N4O3.C7H4ClNO/c1-21(2,3)30-20(29)27-12-10-26(11-13-27)17-9-8-16(14-24-17)18(28)25-19-22(4,5)15-23(19,6)7;8-7-3-6(10)2-1-5(7)4-9/h8-9,14,19H,10-13,15H2,1-7H3,(H,25,28);1-3,10H. The van der Waals surface area contributed by atoms with Crippen LogP contribution >= 0.6 is 11.6 Å². The number of phenolic OH excluding ortho intramolecular Hbond substituents is 1. The van der Waals surface area contributed by atoms with Gasteiger partial charge in [0.05, 0.1) is 16.1 Å². The SMILES string of the molecule is CC(C)(C)OC(=O)N1CCN(c2ccc(C(=O)NC3C(C)(C)CC3(C)C)cn2)CC1.N#Cc1ccc(O)cc1Cl. The summed E-state index contributed by atoms with van der Waals surface area (Å²) in [6.07, 6.45) is 2.46. The van der Waals surface area contributed by atoms with Gasteiger partial charge in [-0.05, 0) is 68.4 Å². The summed E-state index contributed by atoms with van der Waals surface area (Å²) in [7, 11) is 0. The molecule has 2 fully saturated rings. The van der Waals surface area contributed by atoms with E-state index in [2.05, 4.69) is 42.9 Å². The molecule has 0 bridgehead atoms. The number of hydrogen-bond acceptors (Lipinski definition) is 7. The Hall–Kier alpha value is -3.51. The van der Waals surface area contributed by atoms with Gasteiger partial charge in [-0.25, -0.2) is 9.78 Å². The number of carbonyl (C=O) groups is 2. The van der Waals surface area contributed by atoms with Gasteiger partial charge in [-0.1, -0.05) is 39.3 Å². The number of aromatic nitrogens is 1. The molecule has 0 atom stereocenters. The number of phenols is 1. The number of pyridine rings is 1. The summed E-state index contributed by atoms with van der Waals surface area (Å²) in [5, 5.41) is 20.7. The molecule has 1 aromatic heterocycles. The molecule has 2 heterocycles. The molecule has 2 aliphatic rings. The second-order valence-corrected chi connectivity index (χ2v) is 13.1. The third kappa shape index (κ3) is 7.79. The topological polar surface area (TPSA) is 119 Å². The maximum atomic E-state index is 12.7. The molecule has 1 aliphatic carbocycles. The van der Waals surface area contributed by atoms with Crippen molar-refractivity contribution in [2.24, 2.45) is 10.8 Å². The van der Waals surface area contributed by atoms with Crippen LogP contribution in [0.4, 0.5) is 10.6 Å². The van der Waals surface area contributed by atoms with Gasteiger partial charge in [0, 0.05) is 38.4 Å². The summed E-state index contributed by atoms with van der Waals surface area (Å²) in [6.45, 7) is 16.9. The Morgan fingerprint density at radius 1 is 1.10 bits per heavy atom. The summed E-state index contributed by atoms with van der Waals surface area (Å²) >= 11 is 5.55. The van der Waals surface area contributed by atoms with Crippen LogP contribution in [0, 0.1) is 22.2 Å². The first kappa shape index (κ1) is 31.0. The summed E-state index contributed by atoms with van der Waals surface area (Å²) in [6, 6.07) is 9.97. The second-order valence-electron chi connectivity index (χ2n) is 12.7. The van der Waals surface area contributed by atoms with Crippen molar-refractivity contribution >= 4 is 29.4 Å². The van der Waals surface area contributed by atoms with Gasteiger partial charge in [0.15, 0.2) is 0 Å². The summed E-state index contributed by atoms with van der Waals surface area (Å²) in [5.74, 6) is 0.818. The smallest absolute Gasteiger partial charge is 0.410 e. The zero-order valence-corrected chi connectivity index (χ0v) is 25.2. The van der Waals surface area contributed by atoms with Crippen molar-refractivity contribution in [1.82, 2.24) is 15.2 Å². The predicted octanol–water partition coefficient (Wildman–Crippen LogP) is 5.61. The number of amides is 2. The zero-order chi connectivity index (χ0) is 29.9. The van der Waals surface area contributed by atoms with Gasteiger partial charge in [0.2, 0.25) is 0 Å². The van der Waals surface area contributed by atoms with Crippen LogP contribution in [0.3, 0.4) is 0 Å². The van der Waals surface area contributed by atoms with Crippen LogP contribution in [0.5, 0.6) is 5.75 Å². The maximum absolute atomic E-state index is 12.7. The van der Waals surface area contributed by atoms with Crippen LogP contribution < -0.4 is 10.2 Å². The molecule has 1 saturated heterocycles. The fraction of sp³-hybridized carbons (Fsp3) is 0.533. The number of piperazine rings is 1. The van der Waals surface area contributed by atoms with Crippen molar-refractivity contribution < 1.29 is 19.4 Å². The maximum Gasteiger partial charge on any atom is 0.410 e. The van der Waals surface area contributed by atoms with Gasteiger partial charge >= 0.3 is 6.09 Å². The van der Waals surface area contributed by atoms with Crippen LogP contribution in [-0.2, 0) is 4.74 Å². The summed E-state index contributed by atoms with van der Waals surface area (Å²) in [5.41, 5.74) is 0.681. The molecular formula is C30H40ClN5O4. The van der Waals surface area contributed by atoms with Gasteiger partial charge < -0.3 is 25.0 Å². The van der Waals surface area contributed by atoms with Gasteiger partial charge in [-0.3, -0.25) is 4.79 Å². The lowest BCUT2D eigenvalue weighted by Crippen LogP contribution is -2.63. The average Bonchev–Trinajstić information content (AvgIpc) is 2.86. The van der Waals surface area contributed by atoms with Crippen LogP contribution in [0.25, 0.3) is 0 Å². The molecule has 40 heavy (non-hydrogen) atoms. The number of anilines is 1. The lowest BCUT2D eigenvalue weighted by molar-refractivity contribution is -0.0366. The largest absolute Gasteiger partial charge is 0.508 e. The molecule has 1 saturated carbocycles. The van der Waals surface area contributed by atoms with Crippen molar-refractivity contribution in [3.8, 4) is 11.8 Å². The molecule has 0 radical (unpaired) electrons. The monoisotopic (exact) mass is 569 g/mol. The lowest BCUT2D eigenvalue weighted by Gasteiger charge is -2.57. The Balaban J connectivity index is 0.000000371. The van der Waals surface area contributed by atoms with Crippen molar-refractivity contribution in [3.05, 3.63) is 52.7 Å². The molecule has 4 rings (SSSR count). The van der Waals surface area contributed by atoms with Gasteiger partial charge in [0.25, 0.3) is 5.91 Å². The quantitative estimate of drug-likeness (QED) is 0.493. The summed E-state index contributed by atoms with van der Waals surface area (Å²) in [4.78, 5) is 33.3. The molecular weight excluding hydrogens is 530 g/mol. The van der Waals surface area contributed by atoms with Crippen molar-refractivity contribution in [3.63, 3.8) is 0 Å². The van der Waals surface area contributed by atoms with E-state index in [1.165, 1.54) is 18.2 Å². The minimum Gasteiger partial charge on any atom is -0.508 e. The minimum atomic E-state index is -0.490. The number of aromatic hydroxyl groups is 1. The molecule has 216 valence electrons. The number of carbonyl (C=O) groups excluding carboxylic acids is 2. The van der Waals surface area contributed by atoms with E-state index in [1.54, 1.807) is 11.1 Å². The van der Waals surface area contributed by atoms with Crippen molar-refractivity contribution in [2.45, 2.75) is 66.5 Å². The predicted molar refractivity (Wildman–Crippen MR) is 156 cm³/mol. The first-order valence-electron chi connectivity index (χ1n) is 13.4. The van der Waals surface area contributed by atoms with E-state index < -0.39 is 5.60 Å². The van der Waals surface area contributed by atoms with E-state index in [4.69, 9.17) is 26.7 Å². The number of rotatable bonds is 3. The average molecular weight is 570 g/mol. The highest BCUT2D eigenvalue weighted by Crippen LogP contribution is 2.53.